The molecule has 39 heavy (non-hydrogen) atoms. The number of sulfonamides is 1. The van der Waals surface area contributed by atoms with Crippen LogP contribution in [0.5, 0.6) is 17.4 Å². The molecule has 3 heterocycles. The van der Waals surface area contributed by atoms with Crippen LogP contribution in [0.3, 0.4) is 0 Å². The molecule has 5 rings (SSSR count). The van der Waals surface area contributed by atoms with E-state index < -0.39 is 16.1 Å². The van der Waals surface area contributed by atoms with Gasteiger partial charge in [-0.3, -0.25) is 0 Å². The van der Waals surface area contributed by atoms with E-state index in [2.05, 4.69) is 4.98 Å². The van der Waals surface area contributed by atoms with Crippen LogP contribution in [0.4, 0.5) is 4.79 Å². The van der Waals surface area contributed by atoms with Crippen LogP contribution in [0, 0.1) is 6.92 Å². The molecule has 0 spiro atoms. The largest absolute Gasteiger partial charge is 0.497 e. The number of ether oxygens (including phenoxy) is 2. The predicted octanol–water partition coefficient (Wildman–Crippen LogP) is 4.20. The Balaban J connectivity index is 1.53. The number of amides is 2. The van der Waals surface area contributed by atoms with Gasteiger partial charge in [0.25, 0.3) is 0 Å². The fraction of sp³-hybridized carbons (Fsp3) is 0.379. The Morgan fingerprint density at radius 2 is 1.90 bits per heavy atom. The summed E-state index contributed by atoms with van der Waals surface area (Å²) in [6.07, 6.45) is 2.26. The molecule has 10 heteroatoms. The van der Waals surface area contributed by atoms with E-state index in [-0.39, 0.29) is 18.6 Å². The molecule has 0 unspecified atom stereocenters. The van der Waals surface area contributed by atoms with Crippen LogP contribution in [0.25, 0.3) is 0 Å². The molecule has 3 aromatic rings. The monoisotopic (exact) mass is 550 g/mol. The van der Waals surface area contributed by atoms with E-state index in [4.69, 9.17) is 9.47 Å². The number of aromatic nitrogens is 1. The van der Waals surface area contributed by atoms with E-state index in [1.54, 1.807) is 23.4 Å². The maximum absolute atomic E-state index is 13.8. The molecule has 2 aliphatic heterocycles. The van der Waals surface area contributed by atoms with Crippen molar-refractivity contribution in [2.45, 2.75) is 44.9 Å². The average molecular weight is 551 g/mol. The zero-order valence-electron chi connectivity index (χ0n) is 22.7. The van der Waals surface area contributed by atoms with Gasteiger partial charge in [0.1, 0.15) is 11.5 Å². The van der Waals surface area contributed by atoms with Crippen LogP contribution in [0.15, 0.2) is 60.7 Å². The molecule has 206 valence electrons. The van der Waals surface area contributed by atoms with Gasteiger partial charge in [0.05, 0.1) is 31.6 Å². The second-order valence-electron chi connectivity index (χ2n) is 10.3. The van der Waals surface area contributed by atoms with Crippen molar-refractivity contribution in [2.75, 3.05) is 27.0 Å². The van der Waals surface area contributed by atoms with Crippen molar-refractivity contribution in [1.29, 1.82) is 0 Å². The average Bonchev–Trinajstić information content (AvgIpc) is 3.30. The van der Waals surface area contributed by atoms with Crippen LogP contribution in [0.2, 0.25) is 0 Å². The normalized spacial score (nSPS) is 19.6. The summed E-state index contributed by atoms with van der Waals surface area (Å²) in [5.74, 6) is 1.86. The molecular weight excluding hydrogens is 516 g/mol. The third-order valence-corrected chi connectivity index (χ3v) is 8.69. The quantitative estimate of drug-likeness (QED) is 0.473. The number of aryl methyl sites for hydroxylation is 1. The third kappa shape index (κ3) is 5.86. The minimum absolute atomic E-state index is 0.152. The summed E-state index contributed by atoms with van der Waals surface area (Å²) in [7, 11) is -0.250. The zero-order valence-corrected chi connectivity index (χ0v) is 23.5. The number of pyridine rings is 1. The lowest BCUT2D eigenvalue weighted by Crippen LogP contribution is -2.51. The fourth-order valence-corrected chi connectivity index (χ4v) is 6.53. The van der Waals surface area contributed by atoms with Gasteiger partial charge in [0.2, 0.25) is 15.9 Å². The zero-order chi connectivity index (χ0) is 27.7. The molecule has 0 N–H and O–H groups in total. The molecule has 1 saturated heterocycles. The summed E-state index contributed by atoms with van der Waals surface area (Å²) in [6.45, 7) is 2.91. The lowest BCUT2D eigenvalue weighted by Gasteiger charge is -2.35. The van der Waals surface area contributed by atoms with Gasteiger partial charge in [0.15, 0.2) is 0 Å². The molecule has 1 fully saturated rings. The smallest absolute Gasteiger partial charge is 0.320 e. The summed E-state index contributed by atoms with van der Waals surface area (Å²) in [4.78, 5) is 21.9. The third-order valence-electron chi connectivity index (χ3n) is 7.44. The van der Waals surface area contributed by atoms with Crippen molar-refractivity contribution in [3.05, 3.63) is 83.0 Å². The number of methoxy groups -OCH3 is 1. The first-order chi connectivity index (χ1) is 18.6. The Morgan fingerprint density at radius 3 is 2.62 bits per heavy atom. The molecule has 0 saturated carbocycles. The second kappa shape index (κ2) is 10.9. The topological polar surface area (TPSA) is 92.3 Å². The Hall–Kier alpha value is -3.63. The van der Waals surface area contributed by atoms with Gasteiger partial charge in [-0.15, -0.1) is 0 Å². The molecule has 0 aliphatic carbocycles. The second-order valence-corrected chi connectivity index (χ2v) is 12.2. The Labute approximate surface area is 230 Å². The van der Waals surface area contributed by atoms with Gasteiger partial charge in [-0.2, -0.15) is 4.31 Å². The van der Waals surface area contributed by atoms with Crippen LogP contribution in [0.1, 0.15) is 28.8 Å². The lowest BCUT2D eigenvalue weighted by atomic mass is 9.99. The van der Waals surface area contributed by atoms with Gasteiger partial charge in [-0.1, -0.05) is 30.3 Å². The summed E-state index contributed by atoms with van der Waals surface area (Å²) >= 11 is 0. The molecule has 1 aromatic heterocycles. The van der Waals surface area contributed by atoms with Crippen LogP contribution < -0.4 is 9.47 Å². The van der Waals surface area contributed by atoms with Crippen molar-refractivity contribution >= 4 is 16.1 Å². The maximum atomic E-state index is 13.8. The maximum Gasteiger partial charge on any atom is 0.320 e. The molecule has 2 atom stereocenters. The highest BCUT2D eigenvalue weighted by atomic mass is 32.2. The van der Waals surface area contributed by atoms with E-state index in [0.29, 0.717) is 49.0 Å². The molecular formula is C29H34N4O5S. The summed E-state index contributed by atoms with van der Waals surface area (Å²) in [5.41, 5.74) is 3.42. The van der Waals surface area contributed by atoms with Crippen molar-refractivity contribution in [3.8, 4) is 17.4 Å². The van der Waals surface area contributed by atoms with Crippen molar-refractivity contribution in [1.82, 2.24) is 19.1 Å². The summed E-state index contributed by atoms with van der Waals surface area (Å²) in [6, 6.07) is 18.0. The standard InChI is InChI=1S/C29H34N4O5S/c1-20-8-11-23-19-31(2)29(34)32-15-14-26(27(32)17-22-6-5-7-25(16-22)38-28(20)30-23)33(39(4,35)36)18-21-9-12-24(37-3)13-10-21/h5-13,16,26-27H,14-15,17-19H2,1-4H3/t26-,27-/m0/s1. The number of carbonyl (C=O) groups is 1. The van der Waals surface area contributed by atoms with Crippen LogP contribution >= 0.6 is 0 Å². The number of fused-ring (bicyclic) bond motifs is 5. The number of hydrogen-bond acceptors (Lipinski definition) is 6. The van der Waals surface area contributed by atoms with E-state index in [0.717, 1.165) is 16.7 Å². The SMILES string of the molecule is COc1ccc(CN([C@H]2CCN3C(=O)N(C)Cc4ccc(C)c(n4)Oc4cccc(c4)C[C@@H]23)S(C)(=O)=O)cc1. The molecule has 9 nitrogen and oxygen atoms in total. The number of rotatable bonds is 5. The van der Waals surface area contributed by atoms with Gasteiger partial charge >= 0.3 is 6.03 Å². The minimum atomic E-state index is -3.60. The van der Waals surface area contributed by atoms with Gasteiger partial charge < -0.3 is 19.3 Å². The first kappa shape index (κ1) is 27.0. The molecule has 2 amide bonds. The summed E-state index contributed by atoms with van der Waals surface area (Å²) in [5, 5.41) is 0. The van der Waals surface area contributed by atoms with E-state index in [1.165, 1.54) is 6.26 Å². The molecule has 2 aromatic carbocycles. The number of nitrogens with zero attached hydrogens (tertiary/aromatic N) is 4. The Morgan fingerprint density at radius 1 is 1.13 bits per heavy atom. The molecule has 4 bridgehead atoms. The van der Waals surface area contributed by atoms with Crippen molar-refractivity contribution in [2.24, 2.45) is 0 Å². The predicted molar refractivity (Wildman–Crippen MR) is 148 cm³/mol. The lowest BCUT2D eigenvalue weighted by molar-refractivity contribution is 0.144. The first-order valence-corrected chi connectivity index (χ1v) is 14.8. The van der Waals surface area contributed by atoms with E-state index in [1.807, 2.05) is 72.5 Å². The highest BCUT2D eigenvalue weighted by molar-refractivity contribution is 7.88. The number of hydrogen-bond donors (Lipinski definition) is 0. The number of benzene rings is 2. The molecule has 2 aliphatic rings. The highest BCUT2D eigenvalue weighted by Gasteiger charge is 2.44. The van der Waals surface area contributed by atoms with Gasteiger partial charge in [-0.25, -0.2) is 18.2 Å². The first-order valence-electron chi connectivity index (χ1n) is 13.0. The van der Waals surface area contributed by atoms with Gasteiger partial charge in [0, 0.05) is 31.7 Å². The van der Waals surface area contributed by atoms with Gasteiger partial charge in [-0.05, 0) is 61.2 Å². The highest BCUT2D eigenvalue weighted by Crippen LogP contribution is 2.32. The summed E-state index contributed by atoms with van der Waals surface area (Å²) < 4.78 is 39.3. The number of urea groups is 1. The van der Waals surface area contributed by atoms with Crippen LogP contribution in [-0.2, 0) is 29.5 Å². The Kier molecular flexibility index (Phi) is 7.51. The van der Waals surface area contributed by atoms with Crippen LogP contribution in [-0.4, -0.2) is 72.6 Å². The molecule has 0 radical (unpaired) electrons. The van der Waals surface area contributed by atoms with E-state index >= 15 is 0 Å². The van der Waals surface area contributed by atoms with Crippen molar-refractivity contribution in [3.63, 3.8) is 0 Å². The van der Waals surface area contributed by atoms with E-state index in [9.17, 15) is 13.2 Å². The van der Waals surface area contributed by atoms with Crippen molar-refractivity contribution < 1.29 is 22.7 Å². The minimum Gasteiger partial charge on any atom is -0.497 e. The Bertz CT molecular complexity index is 1460. The fourth-order valence-electron chi connectivity index (χ4n) is 5.41. The number of carbonyl (C=O) groups excluding carboxylic acids is 1.